The van der Waals surface area contributed by atoms with Crippen LogP contribution in [0.1, 0.15) is 20.9 Å². The Morgan fingerprint density at radius 3 is 2.47 bits per heavy atom. The monoisotopic (exact) mass is 448 g/mol. The van der Waals surface area contributed by atoms with Crippen molar-refractivity contribution in [1.29, 1.82) is 0 Å². The van der Waals surface area contributed by atoms with Crippen molar-refractivity contribution in [1.82, 2.24) is 20.1 Å². The molecule has 11 heteroatoms. The lowest BCUT2D eigenvalue weighted by Gasteiger charge is -2.17. The maximum Gasteiger partial charge on any atom is 0.289 e. The van der Waals surface area contributed by atoms with Gasteiger partial charge in [-0.05, 0) is 38.1 Å². The molecular formula is C19H20N4O5S2. The van der Waals surface area contributed by atoms with E-state index >= 15 is 0 Å². The maximum atomic E-state index is 12.5. The number of nitrogens with zero attached hydrogens (tertiary/aromatic N) is 2. The minimum atomic E-state index is -3.83. The number of amides is 2. The molecule has 2 aromatic heterocycles. The Balaban J connectivity index is 1.59. The van der Waals surface area contributed by atoms with Crippen LogP contribution in [0.15, 0.2) is 52.0 Å². The third-order valence-electron chi connectivity index (χ3n) is 4.15. The number of benzene rings is 1. The van der Waals surface area contributed by atoms with E-state index in [1.807, 2.05) is 6.92 Å². The lowest BCUT2D eigenvalue weighted by Crippen LogP contribution is -2.47. The Bertz CT molecular complexity index is 1150. The molecule has 0 spiro atoms. The zero-order chi connectivity index (χ0) is 21.9. The molecule has 2 heterocycles. The molecule has 2 N–H and O–H groups in total. The van der Waals surface area contributed by atoms with Crippen LogP contribution in [0.3, 0.4) is 0 Å². The Morgan fingerprint density at radius 1 is 1.13 bits per heavy atom. The second kappa shape index (κ2) is 8.78. The van der Waals surface area contributed by atoms with Gasteiger partial charge in [-0.1, -0.05) is 17.7 Å². The number of hydrogen-bond acceptors (Lipinski definition) is 7. The lowest BCUT2D eigenvalue weighted by atomic mass is 10.2. The van der Waals surface area contributed by atoms with Gasteiger partial charge in [0, 0.05) is 11.9 Å². The summed E-state index contributed by atoms with van der Waals surface area (Å²) in [5, 5.41) is 0.540. The Kier molecular flexibility index (Phi) is 6.34. The highest BCUT2D eigenvalue weighted by atomic mass is 32.2. The van der Waals surface area contributed by atoms with Crippen molar-refractivity contribution in [3.05, 3.63) is 58.8 Å². The van der Waals surface area contributed by atoms with Crippen molar-refractivity contribution >= 4 is 33.2 Å². The molecule has 9 nitrogen and oxygen atoms in total. The van der Waals surface area contributed by atoms with E-state index in [0.29, 0.717) is 15.6 Å². The number of furan rings is 1. The van der Waals surface area contributed by atoms with Crippen LogP contribution in [0.4, 0.5) is 0 Å². The third kappa shape index (κ3) is 4.75. The summed E-state index contributed by atoms with van der Waals surface area (Å²) in [5.41, 5.74) is 5.53. The van der Waals surface area contributed by atoms with Crippen LogP contribution in [0.5, 0.6) is 0 Å². The summed E-state index contributed by atoms with van der Waals surface area (Å²) in [4.78, 5) is 29.4. The van der Waals surface area contributed by atoms with E-state index in [1.54, 1.807) is 31.2 Å². The van der Waals surface area contributed by atoms with Crippen LogP contribution in [-0.4, -0.2) is 43.1 Å². The number of rotatable bonds is 6. The molecule has 0 unspecified atom stereocenters. The smallest absolute Gasteiger partial charge is 0.289 e. The summed E-state index contributed by atoms with van der Waals surface area (Å²) in [6, 6.07) is 9.74. The SMILES string of the molecule is Cc1ccc(S(=O)(=O)N(C)CC(=O)NNC(=O)c2nc(-c3ccco3)sc2C)cc1. The van der Waals surface area contributed by atoms with Crippen LogP contribution >= 0.6 is 11.3 Å². The topological polar surface area (TPSA) is 122 Å². The van der Waals surface area contributed by atoms with Gasteiger partial charge < -0.3 is 4.42 Å². The molecule has 0 saturated heterocycles. The first kappa shape index (κ1) is 21.7. The first-order chi connectivity index (χ1) is 14.2. The van der Waals surface area contributed by atoms with Crippen molar-refractivity contribution in [3.63, 3.8) is 0 Å². The van der Waals surface area contributed by atoms with E-state index in [-0.39, 0.29) is 10.6 Å². The highest BCUT2D eigenvalue weighted by molar-refractivity contribution is 7.89. The number of hydrazine groups is 1. The second-order valence-corrected chi connectivity index (χ2v) is 9.73. The van der Waals surface area contributed by atoms with Gasteiger partial charge in [-0.15, -0.1) is 11.3 Å². The molecule has 2 amide bonds. The van der Waals surface area contributed by atoms with Gasteiger partial charge in [-0.25, -0.2) is 13.4 Å². The average Bonchev–Trinajstić information content (AvgIpc) is 3.36. The van der Waals surface area contributed by atoms with Gasteiger partial charge in [0.15, 0.2) is 10.8 Å². The predicted molar refractivity (Wildman–Crippen MR) is 111 cm³/mol. The summed E-state index contributed by atoms with van der Waals surface area (Å²) in [6.45, 7) is 3.10. The van der Waals surface area contributed by atoms with Crippen LogP contribution < -0.4 is 10.9 Å². The summed E-state index contributed by atoms with van der Waals surface area (Å²) in [7, 11) is -2.54. The summed E-state index contributed by atoms with van der Waals surface area (Å²) < 4.78 is 31.3. The number of thiazole rings is 1. The fourth-order valence-corrected chi connectivity index (χ4v) is 4.52. The Morgan fingerprint density at radius 2 is 1.83 bits per heavy atom. The van der Waals surface area contributed by atoms with Gasteiger partial charge in [0.05, 0.1) is 17.7 Å². The molecular weight excluding hydrogens is 428 g/mol. The van der Waals surface area contributed by atoms with E-state index in [2.05, 4.69) is 15.8 Å². The van der Waals surface area contributed by atoms with Crippen LogP contribution in [0, 0.1) is 13.8 Å². The number of aromatic nitrogens is 1. The zero-order valence-corrected chi connectivity index (χ0v) is 18.1. The second-order valence-electron chi connectivity index (χ2n) is 6.48. The molecule has 0 atom stereocenters. The van der Waals surface area contributed by atoms with E-state index in [1.165, 1.54) is 36.8 Å². The van der Waals surface area contributed by atoms with Crippen molar-refractivity contribution in [3.8, 4) is 10.8 Å². The largest absolute Gasteiger partial charge is 0.462 e. The van der Waals surface area contributed by atoms with E-state index < -0.39 is 28.4 Å². The normalized spacial score (nSPS) is 11.5. The van der Waals surface area contributed by atoms with Gasteiger partial charge in [0.2, 0.25) is 10.0 Å². The standard InChI is InChI=1S/C19H20N4O5S2/c1-12-6-8-14(9-7-12)30(26,27)23(3)11-16(24)21-22-18(25)17-13(2)29-19(20-17)15-5-4-10-28-15/h4-10H,11H2,1-3H3,(H,21,24)(H,22,25). The molecule has 0 saturated carbocycles. The molecule has 0 aliphatic carbocycles. The van der Waals surface area contributed by atoms with Crippen LogP contribution in [0.25, 0.3) is 10.8 Å². The molecule has 0 aliphatic heterocycles. The first-order valence-electron chi connectivity index (χ1n) is 8.82. The van der Waals surface area contributed by atoms with Crippen molar-refractivity contribution in [2.45, 2.75) is 18.7 Å². The molecule has 0 fully saturated rings. The van der Waals surface area contributed by atoms with E-state index in [9.17, 15) is 18.0 Å². The fourth-order valence-electron chi connectivity index (χ4n) is 2.52. The minimum absolute atomic E-state index is 0.0796. The average molecular weight is 449 g/mol. The molecule has 3 aromatic rings. The Hall–Kier alpha value is -3.02. The van der Waals surface area contributed by atoms with Crippen LogP contribution in [0.2, 0.25) is 0 Å². The van der Waals surface area contributed by atoms with E-state index in [4.69, 9.17) is 4.42 Å². The summed E-state index contributed by atoms with van der Waals surface area (Å²) in [5.74, 6) is -0.770. The van der Waals surface area contributed by atoms with Crippen molar-refractivity contribution < 1.29 is 22.4 Å². The molecule has 0 bridgehead atoms. The lowest BCUT2D eigenvalue weighted by molar-refractivity contribution is -0.121. The highest BCUT2D eigenvalue weighted by Crippen LogP contribution is 2.27. The van der Waals surface area contributed by atoms with Gasteiger partial charge in [-0.2, -0.15) is 4.31 Å². The highest BCUT2D eigenvalue weighted by Gasteiger charge is 2.23. The van der Waals surface area contributed by atoms with Crippen LogP contribution in [-0.2, 0) is 14.8 Å². The van der Waals surface area contributed by atoms with Gasteiger partial charge in [-0.3, -0.25) is 20.4 Å². The third-order valence-corrected chi connectivity index (χ3v) is 6.96. The number of sulfonamides is 1. The van der Waals surface area contributed by atoms with Gasteiger partial charge >= 0.3 is 0 Å². The van der Waals surface area contributed by atoms with Crippen molar-refractivity contribution in [2.24, 2.45) is 0 Å². The van der Waals surface area contributed by atoms with Gasteiger partial charge in [0.1, 0.15) is 5.69 Å². The number of likely N-dealkylation sites (N-methyl/N-ethyl adjacent to an activating group) is 1. The quantitative estimate of drug-likeness (QED) is 0.557. The number of nitrogens with one attached hydrogen (secondary N) is 2. The summed E-state index contributed by atoms with van der Waals surface area (Å²) in [6.07, 6.45) is 1.51. The van der Waals surface area contributed by atoms with Crippen molar-refractivity contribution in [2.75, 3.05) is 13.6 Å². The molecule has 0 aliphatic rings. The predicted octanol–water partition coefficient (Wildman–Crippen LogP) is 2.10. The molecule has 3 rings (SSSR count). The van der Waals surface area contributed by atoms with Gasteiger partial charge in [0.25, 0.3) is 11.8 Å². The fraction of sp³-hybridized carbons (Fsp3) is 0.211. The first-order valence-corrected chi connectivity index (χ1v) is 11.1. The molecule has 1 aromatic carbocycles. The number of aryl methyl sites for hydroxylation is 2. The van der Waals surface area contributed by atoms with E-state index in [0.717, 1.165) is 9.87 Å². The molecule has 158 valence electrons. The number of carbonyl (C=O) groups is 2. The zero-order valence-electron chi connectivity index (χ0n) is 16.5. The molecule has 0 radical (unpaired) electrons. The molecule has 30 heavy (non-hydrogen) atoms. The summed E-state index contributed by atoms with van der Waals surface area (Å²) >= 11 is 1.28. The number of hydrogen-bond donors (Lipinski definition) is 2. The minimum Gasteiger partial charge on any atom is -0.462 e. The number of carbonyl (C=O) groups excluding carboxylic acids is 2. The Labute approximate surface area is 177 Å². The maximum absolute atomic E-state index is 12.5.